The molecule has 1 fully saturated rings. The van der Waals surface area contributed by atoms with Crippen molar-refractivity contribution in [1.29, 1.82) is 0 Å². The van der Waals surface area contributed by atoms with E-state index in [4.69, 9.17) is 4.42 Å². The Labute approximate surface area is 194 Å². The Bertz CT molecular complexity index is 1370. The fraction of sp³-hybridized carbons (Fsp3) is 0.385. The average molecular weight is 468 g/mol. The first kappa shape index (κ1) is 23.2. The molecule has 1 aliphatic heterocycles. The molecule has 2 aromatic carbocycles. The average Bonchev–Trinajstić information content (AvgIpc) is 3.12. The van der Waals surface area contributed by atoms with Gasteiger partial charge in [0.05, 0.1) is 16.9 Å². The number of carbonyl (C=O) groups excluding carboxylic acids is 1. The van der Waals surface area contributed by atoms with Crippen LogP contribution in [0.25, 0.3) is 11.0 Å². The summed E-state index contributed by atoms with van der Waals surface area (Å²) in [5.41, 5.74) is 4.07. The summed E-state index contributed by atoms with van der Waals surface area (Å²) < 4.78 is 30.2. The SMILES string of the molecule is Cc1cc2oc(C(=O)N(Cc3ccc(C(C)C)cc3)C3CCS(=O)(=O)C3)cc(=O)c2cc1C. The fourth-order valence-corrected chi connectivity index (χ4v) is 5.98. The Balaban J connectivity index is 1.72. The maximum atomic E-state index is 13.6. The third kappa shape index (κ3) is 4.88. The number of aryl methyl sites for hydroxylation is 2. The van der Waals surface area contributed by atoms with Crippen molar-refractivity contribution in [3.8, 4) is 0 Å². The third-order valence-electron chi connectivity index (χ3n) is 6.46. The fourth-order valence-electron chi connectivity index (χ4n) is 4.25. The highest BCUT2D eigenvalue weighted by atomic mass is 32.2. The molecule has 1 unspecified atom stereocenters. The summed E-state index contributed by atoms with van der Waals surface area (Å²) >= 11 is 0. The minimum atomic E-state index is -3.21. The third-order valence-corrected chi connectivity index (χ3v) is 8.21. The van der Waals surface area contributed by atoms with Crippen molar-refractivity contribution in [3.63, 3.8) is 0 Å². The predicted molar refractivity (Wildman–Crippen MR) is 129 cm³/mol. The van der Waals surface area contributed by atoms with Gasteiger partial charge in [-0.25, -0.2) is 8.42 Å². The highest BCUT2D eigenvalue weighted by Crippen LogP contribution is 2.25. The molecule has 3 aromatic rings. The highest BCUT2D eigenvalue weighted by Gasteiger charge is 2.36. The largest absolute Gasteiger partial charge is 0.451 e. The van der Waals surface area contributed by atoms with Crippen molar-refractivity contribution < 1.29 is 17.6 Å². The van der Waals surface area contributed by atoms with Crippen LogP contribution in [-0.2, 0) is 16.4 Å². The molecule has 0 N–H and O–H groups in total. The molecule has 0 aliphatic carbocycles. The van der Waals surface area contributed by atoms with E-state index >= 15 is 0 Å². The molecule has 0 spiro atoms. The van der Waals surface area contributed by atoms with Crippen LogP contribution in [0.3, 0.4) is 0 Å². The molecular weight excluding hydrogens is 438 g/mol. The van der Waals surface area contributed by atoms with Crippen LogP contribution in [0.1, 0.15) is 59.0 Å². The summed E-state index contributed by atoms with van der Waals surface area (Å²) in [6.45, 7) is 8.30. The second-order valence-electron chi connectivity index (χ2n) is 9.29. The van der Waals surface area contributed by atoms with Crippen LogP contribution < -0.4 is 5.43 Å². The maximum Gasteiger partial charge on any atom is 0.290 e. The molecular formula is C26H29NO5S. The number of carbonyl (C=O) groups is 1. The van der Waals surface area contributed by atoms with Crippen LogP contribution in [0.5, 0.6) is 0 Å². The standard InChI is InChI=1S/C26H29NO5S/c1-16(2)20-7-5-19(6-8-20)14-27(21-9-10-33(30,31)15-21)26(29)25-13-23(28)22-11-17(3)18(4)12-24(22)32-25/h5-8,11-13,16,21H,9-10,14-15H2,1-4H3. The van der Waals surface area contributed by atoms with Gasteiger partial charge in [-0.05, 0) is 60.6 Å². The molecule has 1 amide bonds. The summed E-state index contributed by atoms with van der Waals surface area (Å²) in [5.74, 6) is -0.191. The van der Waals surface area contributed by atoms with Crippen LogP contribution in [0.2, 0.25) is 0 Å². The molecule has 0 radical (unpaired) electrons. The van der Waals surface area contributed by atoms with Gasteiger partial charge in [0, 0.05) is 18.7 Å². The minimum Gasteiger partial charge on any atom is -0.451 e. The van der Waals surface area contributed by atoms with Gasteiger partial charge < -0.3 is 9.32 Å². The molecule has 2 heterocycles. The molecule has 1 aliphatic rings. The zero-order valence-electron chi connectivity index (χ0n) is 19.4. The Morgan fingerprint density at radius 1 is 1.09 bits per heavy atom. The first-order chi connectivity index (χ1) is 15.5. The van der Waals surface area contributed by atoms with Gasteiger partial charge in [-0.1, -0.05) is 38.1 Å². The number of nitrogens with zero attached hydrogens (tertiary/aromatic N) is 1. The zero-order chi connectivity index (χ0) is 23.9. The lowest BCUT2D eigenvalue weighted by molar-refractivity contribution is 0.0648. The van der Waals surface area contributed by atoms with Crippen molar-refractivity contribution in [3.05, 3.63) is 80.7 Å². The van der Waals surface area contributed by atoms with Gasteiger partial charge in [0.15, 0.2) is 21.0 Å². The van der Waals surface area contributed by atoms with E-state index < -0.39 is 21.8 Å². The van der Waals surface area contributed by atoms with E-state index in [0.717, 1.165) is 16.7 Å². The van der Waals surface area contributed by atoms with Gasteiger partial charge in [0.25, 0.3) is 5.91 Å². The first-order valence-electron chi connectivity index (χ1n) is 11.2. The molecule has 1 saturated heterocycles. The number of hydrogen-bond donors (Lipinski definition) is 0. The maximum absolute atomic E-state index is 13.6. The normalized spacial score (nSPS) is 17.5. The Morgan fingerprint density at radius 3 is 2.36 bits per heavy atom. The van der Waals surface area contributed by atoms with E-state index in [0.29, 0.717) is 23.3 Å². The molecule has 6 nitrogen and oxygen atoms in total. The first-order valence-corrected chi connectivity index (χ1v) is 13.0. The Kier molecular flexibility index (Phi) is 6.18. The zero-order valence-corrected chi connectivity index (χ0v) is 20.2. The van der Waals surface area contributed by atoms with Crippen molar-refractivity contribution >= 4 is 26.7 Å². The summed E-state index contributed by atoms with van der Waals surface area (Å²) in [7, 11) is -3.21. The molecule has 1 atom stereocenters. The van der Waals surface area contributed by atoms with E-state index in [1.165, 1.54) is 11.6 Å². The lowest BCUT2D eigenvalue weighted by Crippen LogP contribution is -2.40. The quantitative estimate of drug-likeness (QED) is 0.557. The lowest BCUT2D eigenvalue weighted by Gasteiger charge is -2.28. The van der Waals surface area contributed by atoms with Crippen LogP contribution >= 0.6 is 0 Å². The number of rotatable bonds is 5. The van der Waals surface area contributed by atoms with Crippen molar-refractivity contribution in [1.82, 2.24) is 4.90 Å². The van der Waals surface area contributed by atoms with E-state index in [2.05, 4.69) is 13.8 Å². The van der Waals surface area contributed by atoms with Crippen LogP contribution in [0.4, 0.5) is 0 Å². The molecule has 0 bridgehead atoms. The molecule has 7 heteroatoms. The second kappa shape index (κ2) is 8.78. The number of amides is 1. The molecule has 1 aromatic heterocycles. The number of hydrogen-bond acceptors (Lipinski definition) is 5. The molecule has 0 saturated carbocycles. The van der Waals surface area contributed by atoms with Gasteiger partial charge in [0.2, 0.25) is 0 Å². The van der Waals surface area contributed by atoms with E-state index in [1.807, 2.05) is 38.1 Å². The van der Waals surface area contributed by atoms with Gasteiger partial charge in [0.1, 0.15) is 5.58 Å². The molecule has 33 heavy (non-hydrogen) atoms. The summed E-state index contributed by atoms with van der Waals surface area (Å²) in [5, 5.41) is 0.425. The van der Waals surface area contributed by atoms with Gasteiger partial charge >= 0.3 is 0 Å². The Morgan fingerprint density at radius 2 is 1.76 bits per heavy atom. The summed E-state index contributed by atoms with van der Waals surface area (Å²) in [6, 6.07) is 12.2. The van der Waals surface area contributed by atoms with Gasteiger partial charge in [-0.3, -0.25) is 9.59 Å². The Hall–Kier alpha value is -2.93. The van der Waals surface area contributed by atoms with Gasteiger partial charge in [-0.2, -0.15) is 0 Å². The van der Waals surface area contributed by atoms with Crippen molar-refractivity contribution in [2.24, 2.45) is 0 Å². The summed E-state index contributed by atoms with van der Waals surface area (Å²) in [6.07, 6.45) is 0.369. The van der Waals surface area contributed by atoms with E-state index in [-0.39, 0.29) is 29.2 Å². The number of benzene rings is 2. The predicted octanol–water partition coefficient (Wildman–Crippen LogP) is 4.36. The van der Waals surface area contributed by atoms with Gasteiger partial charge in [-0.15, -0.1) is 0 Å². The monoisotopic (exact) mass is 467 g/mol. The second-order valence-corrected chi connectivity index (χ2v) is 11.5. The minimum absolute atomic E-state index is 0.0495. The molecule has 4 rings (SSSR count). The van der Waals surface area contributed by atoms with Crippen molar-refractivity contribution in [2.75, 3.05) is 11.5 Å². The topological polar surface area (TPSA) is 84.7 Å². The smallest absolute Gasteiger partial charge is 0.290 e. The van der Waals surface area contributed by atoms with Crippen LogP contribution in [-0.4, -0.2) is 36.8 Å². The summed E-state index contributed by atoms with van der Waals surface area (Å²) in [4.78, 5) is 27.9. The van der Waals surface area contributed by atoms with Crippen LogP contribution in [0.15, 0.2) is 51.7 Å². The number of sulfone groups is 1. The molecule has 174 valence electrons. The number of fused-ring (bicyclic) bond motifs is 1. The lowest BCUT2D eigenvalue weighted by atomic mass is 10.0. The van der Waals surface area contributed by atoms with Crippen LogP contribution in [0, 0.1) is 13.8 Å². The highest BCUT2D eigenvalue weighted by molar-refractivity contribution is 7.91. The van der Waals surface area contributed by atoms with E-state index in [9.17, 15) is 18.0 Å². The van der Waals surface area contributed by atoms with Crippen molar-refractivity contribution in [2.45, 2.75) is 52.6 Å². The van der Waals surface area contributed by atoms with E-state index in [1.54, 1.807) is 17.0 Å².